The first-order valence-electron chi connectivity index (χ1n) is 25.1. The van der Waals surface area contributed by atoms with Crippen molar-refractivity contribution in [2.75, 3.05) is 12.3 Å². The molecule has 3 aliphatic carbocycles. The molecule has 13 nitrogen and oxygen atoms in total. The predicted octanol–water partition coefficient (Wildman–Crippen LogP) is 10.8. The molecule has 10 rings (SSSR count). The maximum absolute atomic E-state index is 12.8. The van der Waals surface area contributed by atoms with Gasteiger partial charge in [-0.05, 0) is 132 Å². The number of carbonyl (C=O) groups is 2. The van der Waals surface area contributed by atoms with Crippen molar-refractivity contribution in [2.45, 2.75) is 122 Å². The fraction of sp³-hybridized carbons (Fsp3) is 0.362. The lowest BCUT2D eigenvalue weighted by Gasteiger charge is -2.16. The SMILES string of the molecule is C#Cc1cccnc1.CCOC(=O)C1CCCCCCC1=O.Nc1cc(Br)ccn1.O=c1c2c(nc3cc(Br)ccn13)CCCCCC2.O=c1c2c(nc3cc(C#Cc4cccnc4)ccn13)CCCCCC2. The van der Waals surface area contributed by atoms with Gasteiger partial charge in [-0.3, -0.25) is 37.9 Å². The maximum atomic E-state index is 12.8. The molecule has 1 fully saturated rings. The first-order chi connectivity index (χ1) is 35.5. The molecule has 15 heteroatoms. The van der Waals surface area contributed by atoms with Gasteiger partial charge in [0.2, 0.25) is 0 Å². The number of Topliss-reactive ketones (excluding diaryl/α,β-unsaturated/α-hetero) is 1. The number of ketones is 1. The monoisotopic (exact) mass is 1110 g/mol. The zero-order valence-electron chi connectivity index (χ0n) is 41.4. The van der Waals surface area contributed by atoms with Gasteiger partial charge >= 0.3 is 5.97 Å². The van der Waals surface area contributed by atoms with Gasteiger partial charge < -0.3 is 10.5 Å². The van der Waals surface area contributed by atoms with E-state index in [1.54, 1.807) is 65.2 Å². The summed E-state index contributed by atoms with van der Waals surface area (Å²) in [7, 11) is 0. The van der Waals surface area contributed by atoms with Crippen LogP contribution in [-0.2, 0) is 40.0 Å². The minimum atomic E-state index is -0.477. The standard InChI is InChI=1S/C21H19N3O.C14H15BrN2O.C11H18O3.C7H5N.C5H5BrN2/c25-21-18-7-3-1-2-4-8-19(18)23-20-14-16(11-13-24(20)21)9-10-17-6-5-12-22-15-17;15-10-7-8-17-13(9-10)16-12-6-4-2-1-3-5-11(12)14(17)18;1-2-14-11(13)9-7-5-3-4-6-8-10(9)12;1-2-7-4-3-5-8-6-7;6-4-1-2-8-5(7)3-4/h5-6,11-15H,1-4,7-8H2;7-9H,1-6H2;9H,2-8H2,1H3;1,3-6H;1-3H,(H2,7,8). The van der Waals surface area contributed by atoms with Crippen LogP contribution in [-0.4, -0.2) is 52.1 Å². The second-order valence-corrected chi connectivity index (χ2v) is 19.6. The lowest BCUT2D eigenvalue weighted by atomic mass is 9.90. The van der Waals surface area contributed by atoms with Gasteiger partial charge in [0.05, 0.1) is 18.0 Å². The van der Waals surface area contributed by atoms with E-state index in [0.29, 0.717) is 30.9 Å². The summed E-state index contributed by atoms with van der Waals surface area (Å²) in [5.41, 5.74) is 13.3. The number of anilines is 1. The molecule has 0 aliphatic heterocycles. The van der Waals surface area contributed by atoms with E-state index in [2.05, 4.69) is 69.6 Å². The Labute approximate surface area is 444 Å². The van der Waals surface area contributed by atoms with Crippen molar-refractivity contribution < 1.29 is 14.3 Å². The molecule has 1 atom stereocenters. The van der Waals surface area contributed by atoms with E-state index in [9.17, 15) is 19.2 Å². The van der Waals surface area contributed by atoms with Crippen molar-refractivity contribution in [3.8, 4) is 24.2 Å². The number of pyridine rings is 5. The predicted molar refractivity (Wildman–Crippen MR) is 294 cm³/mol. The summed E-state index contributed by atoms with van der Waals surface area (Å²) in [4.78, 5) is 69.4. The molecule has 7 aromatic rings. The Hall–Kier alpha value is -6.81. The van der Waals surface area contributed by atoms with Crippen LogP contribution >= 0.6 is 31.9 Å². The Balaban J connectivity index is 0.000000159. The molecule has 378 valence electrons. The molecular formula is C58H62Br2N8O5. The first-order valence-corrected chi connectivity index (χ1v) is 26.7. The number of nitrogen functional groups attached to an aromatic ring is 1. The van der Waals surface area contributed by atoms with Gasteiger partial charge in [0.15, 0.2) is 0 Å². The second-order valence-electron chi connectivity index (χ2n) is 17.7. The number of aryl methyl sites for hydroxylation is 2. The van der Waals surface area contributed by atoms with Gasteiger partial charge in [0.25, 0.3) is 11.1 Å². The number of aromatic nitrogens is 7. The van der Waals surface area contributed by atoms with Crippen LogP contribution in [0.4, 0.5) is 5.82 Å². The highest BCUT2D eigenvalue weighted by Crippen LogP contribution is 2.22. The Morgan fingerprint density at radius 3 is 1.73 bits per heavy atom. The van der Waals surface area contributed by atoms with E-state index in [1.807, 2.05) is 54.6 Å². The molecule has 7 aromatic heterocycles. The molecule has 1 unspecified atom stereocenters. The molecule has 2 N–H and O–H groups in total. The van der Waals surface area contributed by atoms with Crippen LogP contribution in [0.1, 0.15) is 136 Å². The molecule has 1 saturated carbocycles. The summed E-state index contributed by atoms with van der Waals surface area (Å²) in [6.45, 7) is 2.13. The van der Waals surface area contributed by atoms with Crippen molar-refractivity contribution in [3.63, 3.8) is 0 Å². The molecule has 0 bridgehead atoms. The quantitative estimate of drug-likeness (QED) is 0.0990. The number of halogens is 2. The highest BCUT2D eigenvalue weighted by atomic mass is 79.9. The number of nitrogens with two attached hydrogens (primary N) is 1. The number of esters is 1. The third-order valence-corrected chi connectivity index (χ3v) is 13.4. The smallest absolute Gasteiger partial charge is 0.316 e. The lowest BCUT2D eigenvalue weighted by molar-refractivity contribution is -0.152. The average molecular weight is 1110 g/mol. The zero-order valence-corrected chi connectivity index (χ0v) is 44.6. The van der Waals surface area contributed by atoms with Crippen molar-refractivity contribution in [1.29, 1.82) is 0 Å². The molecule has 0 saturated heterocycles. The van der Waals surface area contributed by atoms with Gasteiger partial charge in [-0.15, -0.1) is 6.42 Å². The summed E-state index contributed by atoms with van der Waals surface area (Å²) in [6.07, 6.45) is 35.3. The van der Waals surface area contributed by atoms with Crippen molar-refractivity contribution >= 4 is 60.7 Å². The Morgan fingerprint density at radius 1 is 0.658 bits per heavy atom. The van der Waals surface area contributed by atoms with Crippen LogP contribution in [0.15, 0.2) is 123 Å². The molecule has 7 heterocycles. The van der Waals surface area contributed by atoms with E-state index >= 15 is 0 Å². The van der Waals surface area contributed by atoms with E-state index in [0.717, 1.165) is 131 Å². The minimum absolute atomic E-state index is 0.0724. The van der Waals surface area contributed by atoms with E-state index in [-0.39, 0.29) is 22.9 Å². The Morgan fingerprint density at radius 2 is 1.19 bits per heavy atom. The van der Waals surface area contributed by atoms with E-state index < -0.39 is 5.92 Å². The van der Waals surface area contributed by atoms with Gasteiger partial charge in [0.1, 0.15) is 28.8 Å². The summed E-state index contributed by atoms with van der Waals surface area (Å²) < 4.78 is 10.1. The van der Waals surface area contributed by atoms with Gasteiger partial charge in [0, 0.05) is 86.6 Å². The minimum Gasteiger partial charge on any atom is -0.465 e. The lowest BCUT2D eigenvalue weighted by Crippen LogP contribution is -2.27. The number of hydrogen-bond donors (Lipinski definition) is 1. The molecule has 0 spiro atoms. The molecular weight excluding hydrogens is 1050 g/mol. The number of rotatable bonds is 2. The second kappa shape index (κ2) is 29.6. The highest BCUT2D eigenvalue weighted by molar-refractivity contribution is 9.10. The third kappa shape index (κ3) is 17.4. The van der Waals surface area contributed by atoms with Crippen molar-refractivity contribution in [2.24, 2.45) is 5.92 Å². The summed E-state index contributed by atoms with van der Waals surface area (Å²) in [5.74, 6) is 8.50. The van der Waals surface area contributed by atoms with Crippen LogP contribution < -0.4 is 16.9 Å². The first kappa shape index (κ1) is 55.5. The van der Waals surface area contributed by atoms with Crippen molar-refractivity contribution in [3.05, 3.63) is 173 Å². The molecule has 0 aromatic carbocycles. The topological polar surface area (TPSA) is 177 Å². The number of carbonyl (C=O) groups excluding carboxylic acids is 2. The molecule has 3 aliphatic rings. The largest absolute Gasteiger partial charge is 0.465 e. The number of fused-ring (bicyclic) bond motifs is 4. The molecule has 0 radical (unpaired) electrons. The van der Waals surface area contributed by atoms with Crippen molar-refractivity contribution in [1.82, 2.24) is 33.7 Å². The Kier molecular flexibility index (Phi) is 22.5. The normalized spacial score (nSPS) is 15.2. The van der Waals surface area contributed by atoms with E-state index in [4.69, 9.17) is 21.9 Å². The number of nitrogens with zero attached hydrogens (tertiary/aromatic N) is 7. The summed E-state index contributed by atoms with van der Waals surface area (Å²) in [6, 6.07) is 18.6. The number of terminal acetylenes is 1. The van der Waals surface area contributed by atoms with Gasteiger partial charge in [-0.1, -0.05) is 94.6 Å². The summed E-state index contributed by atoms with van der Waals surface area (Å²) >= 11 is 6.67. The molecule has 73 heavy (non-hydrogen) atoms. The fourth-order valence-electron chi connectivity index (χ4n) is 8.58. The Bertz CT molecular complexity index is 3140. The van der Waals surface area contributed by atoms with Crippen LogP contribution in [0, 0.1) is 30.1 Å². The van der Waals surface area contributed by atoms with Gasteiger partial charge in [-0.2, -0.15) is 0 Å². The number of ether oxygens (including phenoxy) is 1. The fourth-order valence-corrected chi connectivity index (χ4v) is 9.26. The zero-order chi connectivity index (χ0) is 51.8. The molecule has 0 amide bonds. The van der Waals surface area contributed by atoms with Crippen LogP contribution in [0.25, 0.3) is 11.3 Å². The maximum Gasteiger partial charge on any atom is 0.316 e. The van der Waals surface area contributed by atoms with Crippen LogP contribution in [0.5, 0.6) is 0 Å². The average Bonchev–Trinajstić information content (AvgIpc) is 3.37. The number of hydrogen-bond acceptors (Lipinski definition) is 11. The third-order valence-electron chi connectivity index (χ3n) is 12.4. The van der Waals surface area contributed by atoms with Crippen LogP contribution in [0.2, 0.25) is 0 Å². The van der Waals surface area contributed by atoms with Crippen LogP contribution in [0.3, 0.4) is 0 Å². The highest BCUT2D eigenvalue weighted by Gasteiger charge is 2.27. The summed E-state index contributed by atoms with van der Waals surface area (Å²) in [5, 5.41) is 0. The van der Waals surface area contributed by atoms with Gasteiger partial charge in [-0.25, -0.2) is 15.0 Å². The van der Waals surface area contributed by atoms with E-state index in [1.165, 1.54) is 25.7 Å².